The Morgan fingerprint density at radius 2 is 0.936 bits per heavy atom. The molecule has 0 aromatic heterocycles. The minimum atomic E-state index is -0.937. The molecule has 0 fully saturated rings. The molecule has 1 amide bonds. The van der Waals surface area contributed by atoms with Crippen LogP contribution < -0.4 is 19.5 Å². The molecule has 0 aliphatic rings. The number of carboxylic acids is 1. The van der Waals surface area contributed by atoms with E-state index in [-0.39, 0.29) is 17.8 Å². The molecule has 0 spiro atoms. The molecule has 0 bridgehead atoms. The second-order valence-electron chi connectivity index (χ2n) is 11.0. The van der Waals surface area contributed by atoms with Crippen molar-refractivity contribution in [2.24, 2.45) is 17.8 Å². The fourth-order valence-corrected chi connectivity index (χ4v) is 4.60. The van der Waals surface area contributed by atoms with Gasteiger partial charge in [-0.2, -0.15) is 5.26 Å². The van der Waals surface area contributed by atoms with E-state index in [1.165, 1.54) is 0 Å². The Labute approximate surface area is 306 Å². The summed E-state index contributed by atoms with van der Waals surface area (Å²) in [7, 11) is 0. The van der Waals surface area contributed by atoms with Crippen LogP contribution in [0.3, 0.4) is 0 Å². The van der Waals surface area contributed by atoms with Crippen LogP contribution in [0.2, 0.25) is 0 Å². The Bertz CT molecular complexity index is 1380. The molecule has 0 heterocycles. The summed E-state index contributed by atoms with van der Waals surface area (Å²) in [6, 6.07) is 21.6. The highest BCUT2D eigenvalue weighted by Gasteiger charge is 2.25. The first kappa shape index (κ1) is 41.9. The van der Waals surface area contributed by atoms with Crippen LogP contribution in [0.1, 0.15) is 41.5 Å². The maximum atomic E-state index is 11.6. The lowest BCUT2D eigenvalue weighted by Crippen LogP contribution is -2.39. The van der Waals surface area contributed by atoms with Crippen molar-refractivity contribution in [3.05, 3.63) is 86.2 Å². The number of hydrogen-bond acceptors (Lipinski definition) is 7. The summed E-state index contributed by atoms with van der Waals surface area (Å²) in [5.41, 5.74) is 0. The molecule has 0 saturated carbocycles. The van der Waals surface area contributed by atoms with Crippen LogP contribution in [0.4, 0.5) is 0 Å². The normalized spacial score (nSPS) is 12.3. The van der Waals surface area contributed by atoms with E-state index in [9.17, 15) is 14.4 Å². The summed E-state index contributed by atoms with van der Waals surface area (Å²) < 4.78 is 19.3. The van der Waals surface area contributed by atoms with Crippen molar-refractivity contribution in [2.75, 3.05) is 0 Å². The van der Waals surface area contributed by atoms with Gasteiger partial charge in [0.25, 0.3) is 11.1 Å². The SMILES string of the molecule is CC(C)[C@H](Oc1ccc(Br)cc1)C(=O)Cl.CC(C)[C@H](Oc1ccc(Br)cc1)C(=O)NC#N.CC(C)[C@H](Oc1ccc(Br)cc1)C(=O)O. The van der Waals surface area contributed by atoms with Crippen LogP contribution in [0.15, 0.2) is 86.2 Å². The van der Waals surface area contributed by atoms with Gasteiger partial charge < -0.3 is 19.3 Å². The molecule has 9 nitrogen and oxygen atoms in total. The predicted octanol–water partition coefficient (Wildman–Crippen LogP) is 9.00. The number of amides is 1. The van der Waals surface area contributed by atoms with Crippen molar-refractivity contribution in [3.63, 3.8) is 0 Å². The summed E-state index contributed by atoms with van der Waals surface area (Å²) in [5, 5.41) is 19.0. The van der Waals surface area contributed by atoms with E-state index in [4.69, 9.17) is 36.2 Å². The average Bonchev–Trinajstić information content (AvgIpc) is 3.00. The summed E-state index contributed by atoms with van der Waals surface area (Å²) in [4.78, 5) is 33.6. The van der Waals surface area contributed by atoms with Gasteiger partial charge in [-0.25, -0.2) is 4.79 Å². The molecule has 13 heteroatoms. The van der Waals surface area contributed by atoms with E-state index in [1.807, 2.05) is 77.9 Å². The third kappa shape index (κ3) is 16.5. The van der Waals surface area contributed by atoms with Crippen molar-refractivity contribution < 1.29 is 33.7 Å². The van der Waals surface area contributed by atoms with Crippen molar-refractivity contribution in [3.8, 4) is 23.4 Å². The lowest BCUT2D eigenvalue weighted by molar-refractivity contribution is -0.147. The van der Waals surface area contributed by atoms with E-state index < -0.39 is 35.4 Å². The number of ether oxygens (including phenoxy) is 3. The second kappa shape index (κ2) is 21.7. The highest BCUT2D eigenvalue weighted by Crippen LogP contribution is 2.22. The van der Waals surface area contributed by atoms with Gasteiger partial charge in [0.2, 0.25) is 0 Å². The molecule has 47 heavy (non-hydrogen) atoms. The summed E-state index contributed by atoms with van der Waals surface area (Å²) in [5.74, 6) is 0.417. The summed E-state index contributed by atoms with van der Waals surface area (Å²) in [6.07, 6.45) is -0.450. The van der Waals surface area contributed by atoms with Gasteiger partial charge in [-0.3, -0.25) is 14.9 Å². The number of halogens is 4. The van der Waals surface area contributed by atoms with Crippen molar-refractivity contribution in [1.29, 1.82) is 5.26 Å². The van der Waals surface area contributed by atoms with E-state index >= 15 is 0 Å². The Morgan fingerprint density at radius 1 is 0.638 bits per heavy atom. The van der Waals surface area contributed by atoms with Gasteiger partial charge in [0, 0.05) is 19.3 Å². The largest absolute Gasteiger partial charge is 0.481 e. The Morgan fingerprint density at radius 3 is 1.19 bits per heavy atom. The topological polar surface area (TPSA) is 135 Å². The second-order valence-corrected chi connectivity index (χ2v) is 14.1. The molecule has 0 saturated heterocycles. The van der Waals surface area contributed by atoms with E-state index in [1.54, 1.807) is 42.6 Å². The molecule has 0 aliphatic heterocycles. The van der Waals surface area contributed by atoms with Crippen LogP contribution in [-0.2, 0) is 14.4 Å². The van der Waals surface area contributed by atoms with Crippen LogP contribution in [-0.4, -0.2) is 40.5 Å². The van der Waals surface area contributed by atoms with Gasteiger partial charge in [-0.15, -0.1) is 0 Å². The van der Waals surface area contributed by atoms with Gasteiger partial charge in [-0.05, 0) is 96.2 Å². The highest BCUT2D eigenvalue weighted by molar-refractivity contribution is 9.11. The Kier molecular flexibility index (Phi) is 19.4. The Hall–Kier alpha value is -3.11. The molecule has 2 N–H and O–H groups in total. The minimum Gasteiger partial charge on any atom is -0.481 e. The fourth-order valence-electron chi connectivity index (χ4n) is 3.51. The molecule has 3 atom stereocenters. The van der Waals surface area contributed by atoms with Gasteiger partial charge in [-0.1, -0.05) is 89.3 Å². The van der Waals surface area contributed by atoms with Gasteiger partial charge in [0.1, 0.15) is 17.2 Å². The maximum Gasteiger partial charge on any atom is 0.345 e. The maximum absolute atomic E-state index is 11.6. The van der Waals surface area contributed by atoms with E-state index in [0.29, 0.717) is 17.2 Å². The standard InChI is InChI=1S/C12H13BrN2O2.C11H12BrClO2.C11H13BrO3/c1-8(2)11(12(16)15-7-14)17-10-5-3-9(13)4-6-10;2*1-7(2)10(11(13)14)15-9-5-3-8(12)4-6-9/h3-6,8,11H,1-2H3,(H,15,16);3-7,10H,1-2H3;3-7,10H,1-2H3,(H,13,14)/t11-;2*10-/m000/s1. The molecule has 0 unspecified atom stereocenters. The number of benzene rings is 3. The van der Waals surface area contributed by atoms with Crippen molar-refractivity contribution in [1.82, 2.24) is 5.32 Å². The van der Waals surface area contributed by atoms with Crippen LogP contribution in [0, 0.1) is 29.2 Å². The highest BCUT2D eigenvalue weighted by atomic mass is 79.9. The molecule has 3 rings (SSSR count). The number of hydrogen-bond donors (Lipinski definition) is 2. The molecular formula is C34H38Br3ClN2O7. The molecule has 0 aliphatic carbocycles. The van der Waals surface area contributed by atoms with Crippen LogP contribution in [0.25, 0.3) is 0 Å². The zero-order chi connectivity index (χ0) is 35.7. The third-order valence-electron chi connectivity index (χ3n) is 5.95. The number of carbonyl (C=O) groups is 3. The number of carboxylic acid groups (broad SMARTS) is 1. The molecule has 254 valence electrons. The predicted molar refractivity (Wildman–Crippen MR) is 192 cm³/mol. The smallest absolute Gasteiger partial charge is 0.345 e. The zero-order valence-corrected chi connectivity index (χ0v) is 32.3. The molecule has 3 aromatic rings. The molecule has 3 aromatic carbocycles. The Balaban J connectivity index is 0.000000353. The van der Waals surface area contributed by atoms with E-state index in [0.717, 1.165) is 13.4 Å². The van der Waals surface area contributed by atoms with Gasteiger partial charge >= 0.3 is 5.97 Å². The first-order chi connectivity index (χ1) is 22.0. The van der Waals surface area contributed by atoms with E-state index in [2.05, 4.69) is 53.1 Å². The minimum absolute atomic E-state index is 0.0213. The summed E-state index contributed by atoms with van der Waals surface area (Å²) >= 11 is 15.4. The summed E-state index contributed by atoms with van der Waals surface area (Å²) in [6.45, 7) is 11.1. The van der Waals surface area contributed by atoms with Crippen LogP contribution >= 0.6 is 59.4 Å². The van der Waals surface area contributed by atoms with Gasteiger partial charge in [0.15, 0.2) is 24.5 Å². The van der Waals surface area contributed by atoms with Crippen LogP contribution in [0.5, 0.6) is 17.2 Å². The lowest BCUT2D eigenvalue weighted by atomic mass is 10.1. The monoisotopic (exact) mass is 858 g/mol. The average molecular weight is 862 g/mol. The van der Waals surface area contributed by atoms with Crippen molar-refractivity contribution in [2.45, 2.75) is 59.9 Å². The first-order valence-electron chi connectivity index (χ1n) is 14.4. The number of nitrogens with zero attached hydrogens (tertiary/aromatic N) is 1. The molecular weight excluding hydrogens is 824 g/mol. The van der Waals surface area contributed by atoms with Gasteiger partial charge in [0.05, 0.1) is 0 Å². The number of nitrogens with one attached hydrogen (secondary N) is 1. The first-order valence-corrected chi connectivity index (χ1v) is 17.2. The fraction of sp³-hybridized carbons (Fsp3) is 0.353. The number of carbonyl (C=O) groups excluding carboxylic acids is 2. The number of aliphatic carboxylic acids is 1. The number of nitriles is 1. The van der Waals surface area contributed by atoms with Crippen molar-refractivity contribution >= 4 is 76.5 Å². The third-order valence-corrected chi connectivity index (χ3v) is 7.75. The number of rotatable bonds is 12. The zero-order valence-electron chi connectivity index (χ0n) is 26.7. The quantitative estimate of drug-likeness (QED) is 0.105. The molecule has 0 radical (unpaired) electrons. The lowest BCUT2D eigenvalue weighted by Gasteiger charge is -2.20.